The summed E-state index contributed by atoms with van der Waals surface area (Å²) < 4.78 is 0. The van der Waals surface area contributed by atoms with Crippen molar-refractivity contribution in [2.75, 3.05) is 19.6 Å². The third kappa shape index (κ3) is 4.11. The minimum atomic E-state index is 0.183. The Bertz CT molecular complexity index is 412. The van der Waals surface area contributed by atoms with Crippen LogP contribution in [0, 0.1) is 0 Å². The first-order chi connectivity index (χ1) is 8.74. The summed E-state index contributed by atoms with van der Waals surface area (Å²) >= 11 is 0. The van der Waals surface area contributed by atoms with Crippen LogP contribution in [0.5, 0.6) is 0 Å². The van der Waals surface area contributed by atoms with E-state index in [0.717, 1.165) is 38.9 Å². The lowest BCUT2D eigenvalue weighted by Gasteiger charge is -2.28. The highest BCUT2D eigenvalue weighted by Gasteiger charge is 2.13. The van der Waals surface area contributed by atoms with Crippen LogP contribution in [-0.2, 0) is 11.2 Å². The Morgan fingerprint density at radius 1 is 1.22 bits per heavy atom. The molecule has 1 saturated heterocycles. The van der Waals surface area contributed by atoms with Gasteiger partial charge in [0.25, 0.3) is 0 Å². The van der Waals surface area contributed by atoms with Gasteiger partial charge in [0.2, 0.25) is 0 Å². The minimum absolute atomic E-state index is 0.183. The molecule has 0 amide bonds. The van der Waals surface area contributed by atoms with E-state index in [0.29, 0.717) is 0 Å². The average Bonchev–Trinajstić information content (AvgIpc) is 2.38. The molecule has 0 bridgehead atoms. The van der Waals surface area contributed by atoms with Gasteiger partial charge in [0, 0.05) is 19.6 Å². The first kappa shape index (κ1) is 13.0. The zero-order valence-electron chi connectivity index (χ0n) is 11.1. The Kier molecular flexibility index (Phi) is 4.71. The molecule has 0 saturated carbocycles. The van der Waals surface area contributed by atoms with E-state index in [-0.39, 0.29) is 5.78 Å². The molecule has 18 heavy (non-hydrogen) atoms. The average molecular weight is 243 g/mol. The third-order valence-electron chi connectivity index (χ3n) is 3.47. The molecule has 0 atom stereocenters. The van der Waals surface area contributed by atoms with E-state index in [4.69, 9.17) is 0 Å². The van der Waals surface area contributed by atoms with Crippen molar-refractivity contribution in [3.63, 3.8) is 0 Å². The predicted octanol–water partition coefficient (Wildman–Crippen LogP) is 2.84. The van der Waals surface area contributed by atoms with Crippen LogP contribution >= 0.6 is 0 Å². The number of likely N-dealkylation sites (tertiary alicyclic amines) is 1. The lowest BCUT2D eigenvalue weighted by atomic mass is 10.0. The van der Waals surface area contributed by atoms with Crippen LogP contribution < -0.4 is 0 Å². The maximum atomic E-state index is 11.0. The molecule has 0 unspecified atom stereocenters. The van der Waals surface area contributed by atoms with Gasteiger partial charge in [-0.1, -0.05) is 35.9 Å². The summed E-state index contributed by atoms with van der Waals surface area (Å²) in [6.45, 7) is 4.93. The number of benzene rings is 1. The first-order valence-electron chi connectivity index (χ1n) is 6.70. The van der Waals surface area contributed by atoms with Crippen LogP contribution in [-0.4, -0.2) is 30.3 Å². The first-order valence-corrected chi connectivity index (χ1v) is 6.70. The van der Waals surface area contributed by atoms with Crippen molar-refractivity contribution in [1.82, 2.24) is 4.90 Å². The Balaban J connectivity index is 1.76. The van der Waals surface area contributed by atoms with E-state index >= 15 is 0 Å². The molecule has 1 heterocycles. The fourth-order valence-corrected chi connectivity index (χ4v) is 2.43. The molecule has 96 valence electrons. The monoisotopic (exact) mass is 243 g/mol. The van der Waals surface area contributed by atoms with Crippen molar-refractivity contribution in [3.05, 3.63) is 47.5 Å². The second kappa shape index (κ2) is 6.50. The highest BCUT2D eigenvalue weighted by atomic mass is 16.1. The molecule has 0 radical (unpaired) electrons. The van der Waals surface area contributed by atoms with Crippen molar-refractivity contribution in [2.24, 2.45) is 0 Å². The summed E-state index contributed by atoms with van der Waals surface area (Å²) in [5.41, 5.74) is 2.72. The van der Waals surface area contributed by atoms with Crippen molar-refractivity contribution in [1.29, 1.82) is 0 Å². The van der Waals surface area contributed by atoms with E-state index in [9.17, 15) is 4.79 Å². The molecule has 1 aromatic rings. The summed E-state index contributed by atoms with van der Waals surface area (Å²) in [4.78, 5) is 13.5. The molecule has 0 spiro atoms. The van der Waals surface area contributed by atoms with Crippen molar-refractivity contribution in [2.45, 2.75) is 26.2 Å². The van der Waals surface area contributed by atoms with Crippen molar-refractivity contribution in [3.8, 4) is 0 Å². The molecule has 1 fully saturated rings. The molecule has 1 aliphatic rings. The minimum Gasteiger partial charge on any atom is -0.302 e. The van der Waals surface area contributed by atoms with Crippen LogP contribution in [0.15, 0.2) is 42.0 Å². The lowest BCUT2D eigenvalue weighted by molar-refractivity contribution is -0.112. The molecular weight excluding hydrogens is 222 g/mol. The Hall–Kier alpha value is -1.41. The second-order valence-corrected chi connectivity index (χ2v) is 4.99. The van der Waals surface area contributed by atoms with Crippen LogP contribution in [0.4, 0.5) is 0 Å². The highest BCUT2D eigenvalue weighted by Crippen LogP contribution is 2.16. The summed E-state index contributed by atoms with van der Waals surface area (Å²) in [7, 11) is 0. The summed E-state index contributed by atoms with van der Waals surface area (Å²) in [5, 5.41) is 0. The molecule has 2 nitrogen and oxygen atoms in total. The Labute approximate surface area is 109 Å². The Morgan fingerprint density at radius 2 is 1.89 bits per heavy atom. The van der Waals surface area contributed by atoms with Gasteiger partial charge in [-0.15, -0.1) is 0 Å². The maximum absolute atomic E-state index is 11.0. The molecule has 2 heteroatoms. The normalized spacial score (nSPS) is 16.6. The fourth-order valence-electron chi connectivity index (χ4n) is 2.43. The van der Waals surface area contributed by atoms with E-state index in [2.05, 4.69) is 35.2 Å². The zero-order valence-corrected chi connectivity index (χ0v) is 11.1. The maximum Gasteiger partial charge on any atom is 0.152 e. The highest BCUT2D eigenvalue weighted by molar-refractivity contribution is 5.87. The molecule has 0 N–H and O–H groups in total. The topological polar surface area (TPSA) is 20.3 Å². The van der Waals surface area contributed by atoms with Gasteiger partial charge in [-0.2, -0.15) is 0 Å². The van der Waals surface area contributed by atoms with E-state index in [1.165, 1.54) is 11.1 Å². The number of ketones is 1. The molecule has 2 rings (SSSR count). The number of carbonyl (C=O) groups is 1. The molecule has 0 aromatic heterocycles. The number of hydrogen-bond donors (Lipinski definition) is 0. The quantitative estimate of drug-likeness (QED) is 0.758. The molecular formula is C16H21NO. The summed E-state index contributed by atoms with van der Waals surface area (Å²) in [6, 6.07) is 10.6. The molecule has 1 aromatic carbocycles. The predicted molar refractivity (Wildman–Crippen MR) is 74.6 cm³/mol. The number of carbonyl (C=O) groups excluding carboxylic acids is 1. The SMILES string of the molecule is CC(=O)C=C1CCN(CCc2ccccc2)CC1. The molecule has 0 aliphatic carbocycles. The largest absolute Gasteiger partial charge is 0.302 e. The molecule has 1 aliphatic heterocycles. The fraction of sp³-hybridized carbons (Fsp3) is 0.438. The van der Waals surface area contributed by atoms with Crippen molar-refractivity contribution >= 4 is 5.78 Å². The van der Waals surface area contributed by atoms with Gasteiger partial charge in [0.05, 0.1) is 0 Å². The van der Waals surface area contributed by atoms with Gasteiger partial charge in [0.15, 0.2) is 5.78 Å². The van der Waals surface area contributed by atoms with Crippen LogP contribution in [0.2, 0.25) is 0 Å². The van der Waals surface area contributed by atoms with Crippen molar-refractivity contribution < 1.29 is 4.79 Å². The standard InChI is InChI=1S/C16H21NO/c1-14(18)13-16-8-11-17(12-9-16)10-7-15-5-3-2-4-6-15/h2-6,13H,7-12H2,1H3. The van der Waals surface area contributed by atoms with Crippen LogP contribution in [0.3, 0.4) is 0 Å². The second-order valence-electron chi connectivity index (χ2n) is 4.99. The van der Waals surface area contributed by atoms with E-state index in [1.807, 2.05) is 6.08 Å². The van der Waals surface area contributed by atoms with Gasteiger partial charge in [-0.25, -0.2) is 0 Å². The van der Waals surface area contributed by atoms with Gasteiger partial charge in [-0.05, 0) is 37.8 Å². The number of allylic oxidation sites excluding steroid dienone is 1. The number of piperidine rings is 1. The van der Waals surface area contributed by atoms with Gasteiger partial charge in [-0.3, -0.25) is 4.79 Å². The zero-order chi connectivity index (χ0) is 12.8. The third-order valence-corrected chi connectivity index (χ3v) is 3.47. The number of nitrogens with zero attached hydrogens (tertiary/aromatic N) is 1. The van der Waals surface area contributed by atoms with Gasteiger partial charge < -0.3 is 4.90 Å². The lowest BCUT2D eigenvalue weighted by Crippen LogP contribution is -2.32. The number of hydrogen-bond acceptors (Lipinski definition) is 2. The van der Waals surface area contributed by atoms with Gasteiger partial charge in [0.1, 0.15) is 0 Å². The number of rotatable bonds is 4. The van der Waals surface area contributed by atoms with E-state index in [1.54, 1.807) is 6.92 Å². The van der Waals surface area contributed by atoms with Crippen LogP contribution in [0.25, 0.3) is 0 Å². The van der Waals surface area contributed by atoms with E-state index < -0.39 is 0 Å². The van der Waals surface area contributed by atoms with Gasteiger partial charge >= 0.3 is 0 Å². The van der Waals surface area contributed by atoms with Crippen LogP contribution in [0.1, 0.15) is 25.3 Å². The summed E-state index contributed by atoms with van der Waals surface area (Å²) in [5.74, 6) is 0.183. The summed E-state index contributed by atoms with van der Waals surface area (Å²) in [6.07, 6.45) is 5.03. The Morgan fingerprint density at radius 3 is 2.50 bits per heavy atom. The smallest absolute Gasteiger partial charge is 0.152 e.